The number of likely N-dealkylation sites (tertiary alicyclic amines) is 1. The van der Waals surface area contributed by atoms with Gasteiger partial charge in [0.1, 0.15) is 0 Å². The van der Waals surface area contributed by atoms with Gasteiger partial charge < -0.3 is 9.15 Å². The maximum Gasteiger partial charge on any atom is 0.309 e. The maximum absolute atomic E-state index is 11.6. The van der Waals surface area contributed by atoms with Crippen molar-refractivity contribution in [3.8, 4) is 0 Å². The number of furan rings is 1. The van der Waals surface area contributed by atoms with E-state index in [1.165, 1.54) is 5.56 Å². The Labute approximate surface area is 102 Å². The molecule has 0 bridgehead atoms. The van der Waals surface area contributed by atoms with Crippen LogP contribution >= 0.6 is 0 Å². The Bertz CT molecular complexity index is 340. The SMILES string of the molecule is CCOC(=O)C1CCN(Cc2ccoc2)CC1. The maximum atomic E-state index is 11.6. The molecule has 2 rings (SSSR count). The first kappa shape index (κ1) is 12.2. The topological polar surface area (TPSA) is 42.7 Å². The summed E-state index contributed by atoms with van der Waals surface area (Å²) < 4.78 is 10.1. The van der Waals surface area contributed by atoms with Crippen molar-refractivity contribution in [3.63, 3.8) is 0 Å². The summed E-state index contributed by atoms with van der Waals surface area (Å²) in [6, 6.07) is 1.98. The van der Waals surface area contributed by atoms with Crippen LogP contribution in [0, 0.1) is 5.92 Å². The predicted octanol–water partition coefficient (Wildman–Crippen LogP) is 2.05. The van der Waals surface area contributed by atoms with E-state index < -0.39 is 0 Å². The van der Waals surface area contributed by atoms with E-state index in [0.29, 0.717) is 6.61 Å². The van der Waals surface area contributed by atoms with Gasteiger partial charge in [-0.05, 0) is 38.9 Å². The van der Waals surface area contributed by atoms with Crippen LogP contribution in [0.1, 0.15) is 25.3 Å². The van der Waals surface area contributed by atoms with Crippen LogP contribution in [0.3, 0.4) is 0 Å². The van der Waals surface area contributed by atoms with Gasteiger partial charge in [-0.25, -0.2) is 0 Å². The van der Waals surface area contributed by atoms with Crippen molar-refractivity contribution in [3.05, 3.63) is 24.2 Å². The van der Waals surface area contributed by atoms with E-state index in [2.05, 4.69) is 4.90 Å². The second kappa shape index (κ2) is 5.87. The zero-order chi connectivity index (χ0) is 12.1. The van der Waals surface area contributed by atoms with Gasteiger partial charge in [0.2, 0.25) is 0 Å². The zero-order valence-corrected chi connectivity index (χ0v) is 10.2. The second-order valence-corrected chi connectivity index (χ2v) is 4.43. The summed E-state index contributed by atoms with van der Waals surface area (Å²) in [6.45, 7) is 5.15. The Morgan fingerprint density at radius 2 is 2.29 bits per heavy atom. The first-order valence-corrected chi connectivity index (χ1v) is 6.19. The highest BCUT2D eigenvalue weighted by molar-refractivity contribution is 5.72. The summed E-state index contributed by atoms with van der Waals surface area (Å²) in [5.41, 5.74) is 1.19. The van der Waals surface area contributed by atoms with E-state index in [9.17, 15) is 4.79 Å². The lowest BCUT2D eigenvalue weighted by atomic mass is 9.97. The minimum atomic E-state index is -0.0320. The van der Waals surface area contributed by atoms with Crippen molar-refractivity contribution in [2.24, 2.45) is 5.92 Å². The summed E-state index contributed by atoms with van der Waals surface area (Å²) in [7, 11) is 0. The molecule has 0 radical (unpaired) electrons. The minimum Gasteiger partial charge on any atom is -0.472 e. The molecule has 1 aliphatic heterocycles. The smallest absolute Gasteiger partial charge is 0.309 e. The molecule has 0 N–H and O–H groups in total. The molecular weight excluding hydrogens is 218 g/mol. The molecular formula is C13H19NO3. The number of rotatable bonds is 4. The molecule has 0 unspecified atom stereocenters. The summed E-state index contributed by atoms with van der Waals surface area (Å²) in [5, 5.41) is 0. The Morgan fingerprint density at radius 1 is 1.53 bits per heavy atom. The van der Waals surface area contributed by atoms with Crippen LogP contribution < -0.4 is 0 Å². The molecule has 0 atom stereocenters. The third-order valence-electron chi connectivity index (χ3n) is 3.19. The van der Waals surface area contributed by atoms with Crippen LogP contribution in [-0.2, 0) is 16.1 Å². The molecule has 0 amide bonds. The lowest BCUT2D eigenvalue weighted by Crippen LogP contribution is -2.36. The molecule has 0 saturated carbocycles. The highest BCUT2D eigenvalue weighted by Gasteiger charge is 2.25. The van der Waals surface area contributed by atoms with E-state index in [1.54, 1.807) is 12.5 Å². The number of hydrogen-bond acceptors (Lipinski definition) is 4. The van der Waals surface area contributed by atoms with Gasteiger partial charge in [-0.1, -0.05) is 0 Å². The van der Waals surface area contributed by atoms with E-state index >= 15 is 0 Å². The predicted molar refractivity (Wildman–Crippen MR) is 63.3 cm³/mol. The molecule has 0 aliphatic carbocycles. The number of carbonyl (C=O) groups excluding carboxylic acids is 1. The Balaban J connectivity index is 1.76. The molecule has 1 aliphatic rings. The number of esters is 1. The van der Waals surface area contributed by atoms with E-state index in [1.807, 2.05) is 13.0 Å². The van der Waals surface area contributed by atoms with Gasteiger partial charge in [0, 0.05) is 12.1 Å². The highest BCUT2D eigenvalue weighted by Crippen LogP contribution is 2.20. The first-order valence-electron chi connectivity index (χ1n) is 6.19. The quantitative estimate of drug-likeness (QED) is 0.752. The van der Waals surface area contributed by atoms with Crippen molar-refractivity contribution >= 4 is 5.97 Å². The number of piperidine rings is 1. The van der Waals surface area contributed by atoms with Crippen LogP contribution in [0.15, 0.2) is 23.0 Å². The number of hydrogen-bond donors (Lipinski definition) is 0. The third-order valence-corrected chi connectivity index (χ3v) is 3.19. The van der Waals surface area contributed by atoms with Crippen molar-refractivity contribution in [2.45, 2.75) is 26.3 Å². The molecule has 0 spiro atoms. The first-order chi connectivity index (χ1) is 8.29. The fraction of sp³-hybridized carbons (Fsp3) is 0.615. The van der Waals surface area contributed by atoms with Crippen molar-refractivity contribution < 1.29 is 13.9 Å². The molecule has 1 fully saturated rings. The second-order valence-electron chi connectivity index (χ2n) is 4.43. The van der Waals surface area contributed by atoms with Gasteiger partial charge in [-0.3, -0.25) is 9.69 Å². The molecule has 2 heterocycles. The number of ether oxygens (including phenoxy) is 1. The van der Waals surface area contributed by atoms with Gasteiger partial charge in [-0.2, -0.15) is 0 Å². The summed E-state index contributed by atoms with van der Waals surface area (Å²) in [6.07, 6.45) is 5.27. The van der Waals surface area contributed by atoms with E-state index in [4.69, 9.17) is 9.15 Å². The fourth-order valence-electron chi connectivity index (χ4n) is 2.23. The lowest BCUT2D eigenvalue weighted by molar-refractivity contribution is -0.149. The van der Waals surface area contributed by atoms with Crippen LogP contribution in [0.2, 0.25) is 0 Å². The van der Waals surface area contributed by atoms with Crippen LogP contribution in [-0.4, -0.2) is 30.6 Å². The van der Waals surface area contributed by atoms with Gasteiger partial charge in [0.05, 0.1) is 25.1 Å². The van der Waals surface area contributed by atoms with Gasteiger partial charge in [0.15, 0.2) is 0 Å². The zero-order valence-electron chi connectivity index (χ0n) is 10.2. The summed E-state index contributed by atoms with van der Waals surface area (Å²) in [4.78, 5) is 13.9. The minimum absolute atomic E-state index is 0.0320. The van der Waals surface area contributed by atoms with Gasteiger partial charge in [-0.15, -0.1) is 0 Å². The average molecular weight is 237 g/mol. The van der Waals surface area contributed by atoms with Crippen LogP contribution in [0.25, 0.3) is 0 Å². The van der Waals surface area contributed by atoms with Crippen molar-refractivity contribution in [1.82, 2.24) is 4.90 Å². The Hall–Kier alpha value is -1.29. The standard InChI is InChI=1S/C13H19NO3/c1-2-17-13(15)12-3-6-14(7-4-12)9-11-5-8-16-10-11/h5,8,10,12H,2-4,6-7,9H2,1H3. The highest BCUT2D eigenvalue weighted by atomic mass is 16.5. The van der Waals surface area contributed by atoms with Gasteiger partial charge in [0.25, 0.3) is 0 Å². The molecule has 1 saturated heterocycles. The van der Waals surface area contributed by atoms with Crippen LogP contribution in [0.4, 0.5) is 0 Å². The molecule has 4 nitrogen and oxygen atoms in total. The lowest BCUT2D eigenvalue weighted by Gasteiger charge is -2.30. The van der Waals surface area contributed by atoms with E-state index in [0.717, 1.165) is 32.5 Å². The number of nitrogens with zero attached hydrogens (tertiary/aromatic N) is 1. The molecule has 4 heteroatoms. The summed E-state index contributed by atoms with van der Waals surface area (Å²) in [5.74, 6) is 0.0611. The monoisotopic (exact) mass is 237 g/mol. The number of carbonyl (C=O) groups is 1. The van der Waals surface area contributed by atoms with Gasteiger partial charge >= 0.3 is 5.97 Å². The fourth-order valence-corrected chi connectivity index (χ4v) is 2.23. The summed E-state index contributed by atoms with van der Waals surface area (Å²) >= 11 is 0. The Kier molecular flexibility index (Phi) is 4.20. The van der Waals surface area contributed by atoms with Crippen LogP contribution in [0.5, 0.6) is 0 Å². The molecule has 1 aromatic heterocycles. The largest absolute Gasteiger partial charge is 0.472 e. The molecule has 17 heavy (non-hydrogen) atoms. The average Bonchev–Trinajstić information content (AvgIpc) is 2.83. The normalized spacial score (nSPS) is 18.2. The molecule has 94 valence electrons. The van der Waals surface area contributed by atoms with E-state index in [-0.39, 0.29) is 11.9 Å². The third kappa shape index (κ3) is 3.33. The Morgan fingerprint density at radius 3 is 2.88 bits per heavy atom. The molecule has 1 aromatic rings. The molecule has 0 aromatic carbocycles. The van der Waals surface area contributed by atoms with Crippen molar-refractivity contribution in [1.29, 1.82) is 0 Å². The van der Waals surface area contributed by atoms with Crippen molar-refractivity contribution in [2.75, 3.05) is 19.7 Å².